The Morgan fingerprint density at radius 1 is 1.50 bits per heavy atom. The number of ether oxygens (including phenoxy) is 2. The number of nitrogens with zero attached hydrogens (tertiary/aromatic N) is 1. The molecule has 2 N–H and O–H groups in total. The lowest BCUT2D eigenvalue weighted by molar-refractivity contribution is -0.0462. The van der Waals surface area contributed by atoms with Gasteiger partial charge in [0.05, 0.1) is 19.8 Å². The van der Waals surface area contributed by atoms with Crippen LogP contribution in [-0.2, 0) is 11.3 Å². The fourth-order valence-corrected chi connectivity index (χ4v) is 2.89. The fourth-order valence-electron chi connectivity index (χ4n) is 2.70. The van der Waals surface area contributed by atoms with Crippen molar-refractivity contribution in [3.8, 4) is 5.75 Å². The minimum Gasteiger partial charge on any atom is -0.494 e. The van der Waals surface area contributed by atoms with Crippen molar-refractivity contribution >= 4 is 11.6 Å². The van der Waals surface area contributed by atoms with Crippen LogP contribution >= 0.6 is 11.6 Å². The van der Waals surface area contributed by atoms with E-state index in [4.69, 9.17) is 21.1 Å². The van der Waals surface area contributed by atoms with Crippen LogP contribution in [0.15, 0.2) is 18.2 Å². The van der Waals surface area contributed by atoms with Crippen LogP contribution < -0.4 is 10.1 Å². The fraction of sp³-hybridized carbons (Fsp3) is 0.625. The number of hydrogen-bond donors (Lipinski definition) is 2. The molecular formula is C16H25ClN2O3. The quantitative estimate of drug-likeness (QED) is 0.829. The van der Waals surface area contributed by atoms with Crippen molar-refractivity contribution in [2.24, 2.45) is 0 Å². The van der Waals surface area contributed by atoms with Crippen molar-refractivity contribution in [2.45, 2.75) is 19.1 Å². The second-order valence-electron chi connectivity index (χ2n) is 5.81. The Labute approximate surface area is 137 Å². The highest BCUT2D eigenvalue weighted by Gasteiger charge is 2.30. The number of likely N-dealkylation sites (N-methyl/N-ethyl adjacent to an activating group) is 1. The van der Waals surface area contributed by atoms with Gasteiger partial charge in [0.1, 0.15) is 11.4 Å². The van der Waals surface area contributed by atoms with Gasteiger partial charge in [0.25, 0.3) is 0 Å². The first-order valence-electron chi connectivity index (χ1n) is 7.63. The number of halogens is 1. The first-order chi connectivity index (χ1) is 10.5. The molecule has 1 aromatic carbocycles. The monoisotopic (exact) mass is 328 g/mol. The molecule has 0 aromatic heterocycles. The van der Waals surface area contributed by atoms with Gasteiger partial charge >= 0.3 is 0 Å². The Hall–Kier alpha value is -0.850. The third-order valence-electron chi connectivity index (χ3n) is 3.57. The summed E-state index contributed by atoms with van der Waals surface area (Å²) in [5.74, 6) is 0.834. The van der Waals surface area contributed by atoms with Gasteiger partial charge in [0.2, 0.25) is 0 Å². The lowest BCUT2D eigenvalue weighted by atomic mass is 10.0. The highest BCUT2D eigenvalue weighted by atomic mass is 35.5. The van der Waals surface area contributed by atoms with Crippen molar-refractivity contribution in [1.29, 1.82) is 0 Å². The minimum atomic E-state index is -0.879. The maximum absolute atomic E-state index is 10.6. The van der Waals surface area contributed by atoms with Crippen LogP contribution in [0.2, 0.25) is 5.02 Å². The Kier molecular flexibility index (Phi) is 6.47. The molecule has 1 aromatic rings. The third-order valence-corrected chi connectivity index (χ3v) is 3.81. The molecule has 22 heavy (non-hydrogen) atoms. The van der Waals surface area contributed by atoms with Crippen LogP contribution in [-0.4, -0.2) is 62.1 Å². The normalized spacial score (nSPS) is 22.6. The number of rotatable bonds is 6. The van der Waals surface area contributed by atoms with E-state index in [1.807, 2.05) is 32.2 Å². The lowest BCUT2D eigenvalue weighted by Crippen LogP contribution is -2.50. The predicted octanol–water partition coefficient (Wildman–Crippen LogP) is 1.52. The molecule has 124 valence electrons. The van der Waals surface area contributed by atoms with Gasteiger partial charge in [-0.15, -0.1) is 0 Å². The highest BCUT2D eigenvalue weighted by Crippen LogP contribution is 2.24. The summed E-state index contributed by atoms with van der Waals surface area (Å²) in [5, 5.41) is 14.5. The molecular weight excluding hydrogens is 304 g/mol. The van der Waals surface area contributed by atoms with Gasteiger partial charge in [0, 0.05) is 36.8 Å². The number of β-amino-alcohol motifs (C(OH)–C–C–N with tert-alkyl or cyclic N) is 1. The van der Waals surface area contributed by atoms with E-state index >= 15 is 0 Å². The molecule has 0 aliphatic carbocycles. The van der Waals surface area contributed by atoms with Gasteiger partial charge in [-0.2, -0.15) is 0 Å². The highest BCUT2D eigenvalue weighted by molar-refractivity contribution is 6.30. The van der Waals surface area contributed by atoms with E-state index in [0.717, 1.165) is 17.9 Å². The standard InChI is InChI=1S/C16H25ClN2O3/c1-3-22-15-5-4-14(17)8-13(15)9-19(2)11-16(20)10-18-6-7-21-12-16/h4-5,8,18,20H,3,6-7,9-12H2,1-2H3. The van der Waals surface area contributed by atoms with Gasteiger partial charge in [-0.1, -0.05) is 11.6 Å². The summed E-state index contributed by atoms with van der Waals surface area (Å²) >= 11 is 6.09. The van der Waals surface area contributed by atoms with Crippen LogP contribution in [0.3, 0.4) is 0 Å². The Balaban J connectivity index is 2.01. The molecule has 2 rings (SSSR count). The van der Waals surface area contributed by atoms with Crippen LogP contribution in [0.5, 0.6) is 5.75 Å². The summed E-state index contributed by atoms with van der Waals surface area (Å²) in [7, 11) is 1.97. The number of aliphatic hydroxyl groups is 1. The molecule has 0 amide bonds. The van der Waals surface area contributed by atoms with E-state index in [0.29, 0.717) is 44.5 Å². The van der Waals surface area contributed by atoms with Crippen molar-refractivity contribution in [1.82, 2.24) is 10.2 Å². The minimum absolute atomic E-state index is 0.345. The van der Waals surface area contributed by atoms with E-state index in [1.54, 1.807) is 0 Å². The van der Waals surface area contributed by atoms with Crippen molar-refractivity contribution in [3.63, 3.8) is 0 Å². The molecule has 1 fully saturated rings. The molecule has 1 atom stereocenters. The Morgan fingerprint density at radius 3 is 3.09 bits per heavy atom. The lowest BCUT2D eigenvalue weighted by Gasteiger charge is -2.31. The SMILES string of the molecule is CCOc1ccc(Cl)cc1CN(C)CC1(O)CNCCOC1. The van der Waals surface area contributed by atoms with Crippen LogP contribution in [0.1, 0.15) is 12.5 Å². The van der Waals surface area contributed by atoms with Crippen molar-refractivity contribution < 1.29 is 14.6 Å². The number of benzene rings is 1. The molecule has 0 saturated carbocycles. The summed E-state index contributed by atoms with van der Waals surface area (Å²) in [4.78, 5) is 2.06. The average molecular weight is 329 g/mol. The number of nitrogens with one attached hydrogen (secondary N) is 1. The molecule has 5 nitrogen and oxygen atoms in total. The van der Waals surface area contributed by atoms with Crippen molar-refractivity contribution in [3.05, 3.63) is 28.8 Å². The average Bonchev–Trinajstić information content (AvgIpc) is 2.66. The van der Waals surface area contributed by atoms with Gasteiger partial charge < -0.3 is 19.9 Å². The summed E-state index contributed by atoms with van der Waals surface area (Å²) in [5.41, 5.74) is 0.137. The maximum Gasteiger partial charge on any atom is 0.123 e. The van der Waals surface area contributed by atoms with Gasteiger partial charge in [0.15, 0.2) is 0 Å². The van der Waals surface area contributed by atoms with E-state index in [1.165, 1.54) is 0 Å². The first-order valence-corrected chi connectivity index (χ1v) is 8.01. The van der Waals surface area contributed by atoms with Crippen LogP contribution in [0.4, 0.5) is 0 Å². The molecule has 1 saturated heterocycles. The van der Waals surface area contributed by atoms with E-state index in [9.17, 15) is 5.11 Å². The molecule has 0 spiro atoms. The van der Waals surface area contributed by atoms with Gasteiger partial charge in [-0.3, -0.25) is 4.90 Å². The Bertz CT molecular complexity index is 476. The molecule has 1 aliphatic rings. The molecule has 0 radical (unpaired) electrons. The summed E-state index contributed by atoms with van der Waals surface area (Å²) in [6, 6.07) is 5.63. The van der Waals surface area contributed by atoms with E-state index < -0.39 is 5.60 Å². The van der Waals surface area contributed by atoms with Gasteiger partial charge in [-0.25, -0.2) is 0 Å². The second kappa shape index (κ2) is 8.13. The molecule has 1 aliphatic heterocycles. The first kappa shape index (κ1) is 17.5. The zero-order valence-electron chi connectivity index (χ0n) is 13.3. The van der Waals surface area contributed by atoms with Gasteiger partial charge in [-0.05, 0) is 32.2 Å². The summed E-state index contributed by atoms with van der Waals surface area (Å²) in [6.45, 7) is 6.02. The summed E-state index contributed by atoms with van der Waals surface area (Å²) < 4.78 is 11.1. The van der Waals surface area contributed by atoms with E-state index in [2.05, 4.69) is 10.2 Å². The Morgan fingerprint density at radius 2 is 2.32 bits per heavy atom. The summed E-state index contributed by atoms with van der Waals surface area (Å²) in [6.07, 6.45) is 0. The largest absolute Gasteiger partial charge is 0.494 e. The molecule has 1 unspecified atom stereocenters. The molecule has 6 heteroatoms. The second-order valence-corrected chi connectivity index (χ2v) is 6.25. The third kappa shape index (κ3) is 5.11. The number of hydrogen-bond acceptors (Lipinski definition) is 5. The van der Waals surface area contributed by atoms with Crippen LogP contribution in [0.25, 0.3) is 0 Å². The smallest absolute Gasteiger partial charge is 0.123 e. The molecule has 0 bridgehead atoms. The molecule has 1 heterocycles. The zero-order chi connectivity index (χ0) is 16.0. The zero-order valence-corrected chi connectivity index (χ0v) is 14.0. The van der Waals surface area contributed by atoms with E-state index in [-0.39, 0.29) is 0 Å². The maximum atomic E-state index is 10.6. The van der Waals surface area contributed by atoms with Crippen LogP contribution in [0, 0.1) is 0 Å². The topological polar surface area (TPSA) is 54.0 Å². The predicted molar refractivity (Wildman–Crippen MR) is 87.6 cm³/mol. The van der Waals surface area contributed by atoms with Crippen molar-refractivity contribution in [2.75, 3.05) is 46.5 Å².